The molecule has 0 radical (unpaired) electrons. The summed E-state index contributed by atoms with van der Waals surface area (Å²) in [6.07, 6.45) is 2.85. The highest BCUT2D eigenvalue weighted by molar-refractivity contribution is 5.72. The average Bonchev–Trinajstić information content (AvgIpc) is 2.45. The zero-order valence-corrected chi connectivity index (χ0v) is 11.9. The molecule has 0 unspecified atom stereocenters. The Balaban J connectivity index is 2.49. The van der Waals surface area contributed by atoms with Crippen LogP contribution in [0.25, 0.3) is 12.2 Å². The van der Waals surface area contributed by atoms with Gasteiger partial charge >= 0.3 is 16.9 Å². The van der Waals surface area contributed by atoms with E-state index in [1.54, 1.807) is 18.2 Å². The summed E-state index contributed by atoms with van der Waals surface area (Å²) in [5.41, 5.74) is -1.09. The molecule has 0 bridgehead atoms. The van der Waals surface area contributed by atoms with Crippen LogP contribution in [0.4, 0.5) is 5.69 Å². The number of H-pyrrole nitrogens is 2. The summed E-state index contributed by atoms with van der Waals surface area (Å²) in [6.45, 7) is 1.88. The van der Waals surface area contributed by atoms with Gasteiger partial charge in [0, 0.05) is 0 Å². The minimum atomic E-state index is -1.05. The summed E-state index contributed by atoms with van der Waals surface area (Å²) in [4.78, 5) is 36.9. The van der Waals surface area contributed by atoms with E-state index < -0.39 is 21.9 Å². The molecule has 0 atom stereocenters. The van der Waals surface area contributed by atoms with Gasteiger partial charge in [-0.25, -0.2) is 4.79 Å². The maximum atomic E-state index is 11.5. The number of rotatable bonds is 4. The zero-order valence-electron chi connectivity index (χ0n) is 11.9. The van der Waals surface area contributed by atoms with E-state index in [-0.39, 0.29) is 5.69 Å². The molecule has 0 aliphatic carbocycles. The Labute approximate surface area is 124 Å². The van der Waals surface area contributed by atoms with E-state index >= 15 is 0 Å². The molecule has 0 saturated heterocycles. The van der Waals surface area contributed by atoms with Crippen molar-refractivity contribution in [3.63, 3.8) is 0 Å². The minimum absolute atomic E-state index is 0.168. The van der Waals surface area contributed by atoms with Gasteiger partial charge in [0.25, 0.3) is 0 Å². The lowest BCUT2D eigenvalue weighted by molar-refractivity contribution is -0.386. The van der Waals surface area contributed by atoms with Gasteiger partial charge < -0.3 is 9.72 Å². The van der Waals surface area contributed by atoms with Crippen LogP contribution in [0.15, 0.2) is 27.8 Å². The van der Waals surface area contributed by atoms with Crippen molar-refractivity contribution in [1.82, 2.24) is 9.97 Å². The Bertz CT molecular complexity index is 864. The largest absolute Gasteiger partial charge is 0.496 e. The first-order valence-corrected chi connectivity index (χ1v) is 6.26. The van der Waals surface area contributed by atoms with Crippen LogP contribution >= 0.6 is 0 Å². The smallest absolute Gasteiger partial charge is 0.357 e. The van der Waals surface area contributed by atoms with Gasteiger partial charge in [0.15, 0.2) is 0 Å². The number of benzene rings is 1. The molecule has 0 spiro atoms. The van der Waals surface area contributed by atoms with Crippen molar-refractivity contribution >= 4 is 17.8 Å². The maximum Gasteiger partial charge on any atom is 0.357 e. The summed E-state index contributed by atoms with van der Waals surface area (Å²) in [7, 11) is 1.54. The molecule has 0 saturated carbocycles. The van der Waals surface area contributed by atoms with E-state index in [4.69, 9.17) is 4.74 Å². The third-order valence-corrected chi connectivity index (χ3v) is 3.00. The van der Waals surface area contributed by atoms with Crippen molar-refractivity contribution in [2.45, 2.75) is 6.92 Å². The monoisotopic (exact) mass is 303 g/mol. The number of methoxy groups -OCH3 is 1. The third kappa shape index (κ3) is 3.11. The van der Waals surface area contributed by atoms with Crippen molar-refractivity contribution in [1.29, 1.82) is 0 Å². The van der Waals surface area contributed by atoms with Gasteiger partial charge in [-0.05, 0) is 30.2 Å². The van der Waals surface area contributed by atoms with Crippen molar-refractivity contribution in [3.05, 3.63) is 66.0 Å². The number of aryl methyl sites for hydroxylation is 1. The first kappa shape index (κ1) is 15.2. The van der Waals surface area contributed by atoms with Crippen molar-refractivity contribution in [2.75, 3.05) is 7.11 Å². The fraction of sp³-hybridized carbons (Fsp3) is 0.143. The van der Waals surface area contributed by atoms with Crippen LogP contribution in [-0.4, -0.2) is 22.0 Å². The van der Waals surface area contributed by atoms with E-state index in [1.165, 1.54) is 13.2 Å². The zero-order chi connectivity index (χ0) is 16.3. The van der Waals surface area contributed by atoms with E-state index in [9.17, 15) is 19.7 Å². The molecule has 0 aliphatic heterocycles. The van der Waals surface area contributed by atoms with Crippen LogP contribution in [-0.2, 0) is 0 Å². The Kier molecular flexibility index (Phi) is 4.21. The van der Waals surface area contributed by atoms with E-state index in [1.807, 2.05) is 18.0 Å². The molecular formula is C14H13N3O5. The molecular weight excluding hydrogens is 290 g/mol. The Hall–Kier alpha value is -3.16. The fourth-order valence-corrected chi connectivity index (χ4v) is 1.92. The molecule has 8 heteroatoms. The highest BCUT2D eigenvalue weighted by atomic mass is 16.6. The second-order valence-corrected chi connectivity index (χ2v) is 4.49. The van der Waals surface area contributed by atoms with Crippen LogP contribution in [0.3, 0.4) is 0 Å². The van der Waals surface area contributed by atoms with E-state index in [2.05, 4.69) is 4.98 Å². The lowest BCUT2D eigenvalue weighted by atomic mass is 10.1. The van der Waals surface area contributed by atoms with Crippen LogP contribution in [0.5, 0.6) is 5.75 Å². The molecule has 2 rings (SSSR count). The standard InChI is InChI=1S/C14H13N3O5/c1-8-3-4-9(7-11(8)22-2)5-6-10-12(17(20)21)13(18)16-14(19)15-10/h3-7H,1-2H3,(H2,15,16,18,19)/b6-5+. The topological polar surface area (TPSA) is 118 Å². The molecule has 2 aromatic rings. The molecule has 2 N–H and O–H groups in total. The number of ether oxygens (including phenoxy) is 1. The lowest BCUT2D eigenvalue weighted by Gasteiger charge is -2.04. The molecule has 1 heterocycles. The minimum Gasteiger partial charge on any atom is -0.496 e. The van der Waals surface area contributed by atoms with Crippen LogP contribution in [0.1, 0.15) is 16.8 Å². The van der Waals surface area contributed by atoms with Gasteiger partial charge in [0.1, 0.15) is 11.4 Å². The van der Waals surface area contributed by atoms with Gasteiger partial charge in [-0.2, -0.15) is 0 Å². The number of nitrogens with one attached hydrogen (secondary N) is 2. The summed E-state index contributed by atoms with van der Waals surface area (Å²) in [5.74, 6) is 0.663. The molecule has 1 aromatic heterocycles. The molecule has 0 amide bonds. The predicted molar refractivity (Wildman–Crippen MR) is 81.0 cm³/mol. The van der Waals surface area contributed by atoms with Crippen molar-refractivity contribution < 1.29 is 9.66 Å². The number of aromatic amines is 2. The van der Waals surface area contributed by atoms with Crippen LogP contribution in [0, 0.1) is 17.0 Å². The van der Waals surface area contributed by atoms with Crippen molar-refractivity contribution in [2.24, 2.45) is 0 Å². The van der Waals surface area contributed by atoms with Gasteiger partial charge in [-0.1, -0.05) is 18.2 Å². The molecule has 22 heavy (non-hydrogen) atoms. The summed E-state index contributed by atoms with van der Waals surface area (Å²) < 4.78 is 5.18. The number of nitro groups is 1. The molecule has 114 valence electrons. The SMILES string of the molecule is COc1cc(/C=C/c2[nH]c(=O)[nH]c(=O)c2[N+](=O)[O-])ccc1C. The first-order chi connectivity index (χ1) is 10.4. The number of hydrogen-bond donors (Lipinski definition) is 2. The molecule has 8 nitrogen and oxygen atoms in total. The Morgan fingerprint density at radius 2 is 1.95 bits per heavy atom. The van der Waals surface area contributed by atoms with Crippen LogP contribution in [0.2, 0.25) is 0 Å². The summed E-state index contributed by atoms with van der Waals surface area (Å²) in [6, 6.07) is 5.35. The predicted octanol–water partition coefficient (Wildman–Crippen LogP) is 1.46. The lowest BCUT2D eigenvalue weighted by Crippen LogP contribution is -2.25. The quantitative estimate of drug-likeness (QED) is 0.654. The fourth-order valence-electron chi connectivity index (χ4n) is 1.92. The van der Waals surface area contributed by atoms with E-state index in [0.717, 1.165) is 5.56 Å². The second kappa shape index (κ2) is 6.08. The highest BCUT2D eigenvalue weighted by Gasteiger charge is 2.18. The van der Waals surface area contributed by atoms with Crippen LogP contribution < -0.4 is 16.0 Å². The third-order valence-electron chi connectivity index (χ3n) is 3.00. The average molecular weight is 303 g/mol. The van der Waals surface area contributed by atoms with Gasteiger partial charge in [0.05, 0.1) is 12.0 Å². The maximum absolute atomic E-state index is 11.5. The van der Waals surface area contributed by atoms with E-state index in [0.29, 0.717) is 11.3 Å². The van der Waals surface area contributed by atoms with Crippen molar-refractivity contribution in [3.8, 4) is 5.75 Å². The Morgan fingerprint density at radius 3 is 2.59 bits per heavy atom. The van der Waals surface area contributed by atoms with Gasteiger partial charge in [-0.3, -0.25) is 19.9 Å². The number of nitrogens with zero attached hydrogens (tertiary/aromatic N) is 1. The molecule has 1 aromatic carbocycles. The molecule has 0 fully saturated rings. The first-order valence-electron chi connectivity index (χ1n) is 6.26. The van der Waals surface area contributed by atoms with Gasteiger partial charge in [-0.15, -0.1) is 0 Å². The summed E-state index contributed by atoms with van der Waals surface area (Å²) in [5, 5.41) is 10.9. The number of hydrogen-bond acceptors (Lipinski definition) is 5. The second-order valence-electron chi connectivity index (χ2n) is 4.49. The Morgan fingerprint density at radius 1 is 1.23 bits per heavy atom. The summed E-state index contributed by atoms with van der Waals surface area (Å²) >= 11 is 0. The molecule has 0 aliphatic rings. The normalized spacial score (nSPS) is 10.8. The number of aromatic nitrogens is 2. The highest BCUT2D eigenvalue weighted by Crippen LogP contribution is 2.21. The van der Waals surface area contributed by atoms with Gasteiger partial charge in [0.2, 0.25) is 0 Å².